The molecule has 0 N–H and O–H groups in total. The Balaban J connectivity index is 3.37. The van der Waals surface area contributed by atoms with Crippen molar-refractivity contribution in [3.63, 3.8) is 0 Å². The van der Waals surface area contributed by atoms with E-state index in [2.05, 4.69) is 0 Å². The van der Waals surface area contributed by atoms with Crippen molar-refractivity contribution in [3.8, 4) is 0 Å². The maximum absolute atomic E-state index is 9.77. The molecule has 0 radical (unpaired) electrons. The molecule has 1 unspecified atom stereocenters. The fourth-order valence-corrected chi connectivity index (χ4v) is 0.493. The number of hydrogen-bond donors (Lipinski definition) is 0. The maximum atomic E-state index is 9.77. The highest BCUT2D eigenvalue weighted by Crippen LogP contribution is 1.97. The first kappa shape index (κ1) is 8.07. The van der Waals surface area contributed by atoms with E-state index in [1.54, 1.807) is 6.92 Å². The van der Waals surface area contributed by atoms with E-state index in [1.807, 2.05) is 0 Å². The van der Waals surface area contributed by atoms with Crippen LogP contribution in [0, 0.1) is 16.0 Å². The summed E-state index contributed by atoms with van der Waals surface area (Å²) in [7, 11) is 0. The summed E-state index contributed by atoms with van der Waals surface area (Å²) in [6.45, 7) is 1.57. The summed E-state index contributed by atoms with van der Waals surface area (Å²) >= 11 is 0. The van der Waals surface area contributed by atoms with Crippen molar-refractivity contribution in [2.45, 2.75) is 13.3 Å². The normalized spacial score (nSPS) is 12.6. The molecule has 0 aliphatic rings. The van der Waals surface area contributed by atoms with Gasteiger partial charge in [0.1, 0.15) is 6.29 Å². The van der Waals surface area contributed by atoms with Crippen molar-refractivity contribution in [1.29, 1.82) is 0 Å². The third-order valence-electron chi connectivity index (χ3n) is 0.959. The zero-order valence-corrected chi connectivity index (χ0v) is 5.24. The lowest BCUT2D eigenvalue weighted by Crippen LogP contribution is -2.10. The number of nitrogens with zero attached hydrogens (tertiary/aromatic N) is 1. The first-order valence-corrected chi connectivity index (χ1v) is 2.72. The summed E-state index contributed by atoms with van der Waals surface area (Å²) in [6, 6.07) is 0. The van der Waals surface area contributed by atoms with Crippen LogP contribution in [0.5, 0.6) is 0 Å². The van der Waals surface area contributed by atoms with E-state index in [0.717, 1.165) is 0 Å². The Kier molecular flexibility index (Phi) is 3.59. The molecule has 0 bridgehead atoms. The summed E-state index contributed by atoms with van der Waals surface area (Å²) in [5, 5.41) is 9.77. The molecule has 52 valence electrons. The number of hydrogen-bond acceptors (Lipinski definition) is 3. The second-order valence-electron chi connectivity index (χ2n) is 2.02. The molecule has 0 saturated heterocycles. The quantitative estimate of drug-likeness (QED) is 0.317. The molecule has 0 aliphatic carbocycles. The Bertz CT molecular complexity index is 113. The molecule has 0 heterocycles. The predicted molar refractivity (Wildman–Crippen MR) is 31.7 cm³/mol. The predicted octanol–water partition coefficient (Wildman–Crippen LogP) is 0.488. The second kappa shape index (κ2) is 4.00. The van der Waals surface area contributed by atoms with Gasteiger partial charge in [0.05, 0.1) is 0 Å². The van der Waals surface area contributed by atoms with Gasteiger partial charge in [-0.25, -0.2) is 0 Å². The molecule has 0 spiro atoms. The molecular formula is C5H9NO3. The van der Waals surface area contributed by atoms with Crippen LogP contribution in [-0.2, 0) is 4.79 Å². The summed E-state index contributed by atoms with van der Waals surface area (Å²) in [5.41, 5.74) is 0. The number of aldehydes is 1. The Hall–Kier alpha value is -0.930. The lowest BCUT2D eigenvalue weighted by molar-refractivity contribution is -0.487. The van der Waals surface area contributed by atoms with Gasteiger partial charge in [-0.3, -0.25) is 10.1 Å². The van der Waals surface area contributed by atoms with Gasteiger partial charge in [-0.1, -0.05) is 6.92 Å². The van der Waals surface area contributed by atoms with Crippen LogP contribution in [-0.4, -0.2) is 17.8 Å². The Morgan fingerprint density at radius 3 is 2.67 bits per heavy atom. The van der Waals surface area contributed by atoms with Gasteiger partial charge >= 0.3 is 0 Å². The zero-order valence-electron chi connectivity index (χ0n) is 5.24. The lowest BCUT2D eigenvalue weighted by Gasteiger charge is -1.97. The van der Waals surface area contributed by atoms with Gasteiger partial charge in [0.2, 0.25) is 6.54 Å². The summed E-state index contributed by atoms with van der Waals surface area (Å²) in [4.78, 5) is 19.1. The standard InChI is InChI=1S/C5H9NO3/c1-5(2-3-7)4-6(8)9/h3,5H,2,4H2,1H3. The average Bonchev–Trinajstić information content (AvgIpc) is 1.63. The molecule has 9 heavy (non-hydrogen) atoms. The van der Waals surface area contributed by atoms with Crippen molar-refractivity contribution >= 4 is 6.29 Å². The van der Waals surface area contributed by atoms with Gasteiger partial charge in [-0.15, -0.1) is 0 Å². The highest BCUT2D eigenvalue weighted by Gasteiger charge is 2.06. The van der Waals surface area contributed by atoms with Gasteiger partial charge in [-0.2, -0.15) is 0 Å². The molecule has 0 aromatic carbocycles. The van der Waals surface area contributed by atoms with Crippen molar-refractivity contribution in [2.24, 2.45) is 5.92 Å². The number of carbonyl (C=O) groups excluding carboxylic acids is 1. The molecule has 0 aliphatic heterocycles. The number of carbonyl (C=O) groups is 1. The third-order valence-corrected chi connectivity index (χ3v) is 0.959. The number of rotatable bonds is 4. The molecule has 0 fully saturated rings. The first-order valence-electron chi connectivity index (χ1n) is 2.72. The van der Waals surface area contributed by atoms with Crippen LogP contribution < -0.4 is 0 Å². The molecule has 0 aromatic rings. The SMILES string of the molecule is CC(CC=O)C[N+](=O)[O-]. The fourth-order valence-electron chi connectivity index (χ4n) is 0.493. The third kappa shape index (κ3) is 4.93. The van der Waals surface area contributed by atoms with Crippen LogP contribution >= 0.6 is 0 Å². The van der Waals surface area contributed by atoms with E-state index < -0.39 is 4.92 Å². The summed E-state index contributed by atoms with van der Waals surface area (Å²) < 4.78 is 0. The summed E-state index contributed by atoms with van der Waals surface area (Å²) in [6.07, 6.45) is 0.981. The van der Waals surface area contributed by atoms with E-state index in [1.165, 1.54) is 0 Å². The molecule has 4 nitrogen and oxygen atoms in total. The van der Waals surface area contributed by atoms with Gasteiger partial charge < -0.3 is 4.79 Å². The maximum Gasteiger partial charge on any atom is 0.206 e. The van der Waals surface area contributed by atoms with Gasteiger partial charge in [-0.05, 0) is 0 Å². The zero-order chi connectivity index (χ0) is 7.28. The van der Waals surface area contributed by atoms with Crippen LogP contribution in [0.4, 0.5) is 0 Å². The van der Waals surface area contributed by atoms with E-state index in [4.69, 9.17) is 0 Å². The van der Waals surface area contributed by atoms with Crippen LogP contribution in [0.15, 0.2) is 0 Å². The Labute approximate surface area is 53.0 Å². The molecule has 0 aromatic heterocycles. The van der Waals surface area contributed by atoms with E-state index in [-0.39, 0.29) is 18.9 Å². The molecule has 0 amide bonds. The Morgan fingerprint density at radius 1 is 1.78 bits per heavy atom. The highest BCUT2D eigenvalue weighted by atomic mass is 16.6. The van der Waals surface area contributed by atoms with E-state index in [9.17, 15) is 14.9 Å². The van der Waals surface area contributed by atoms with Crippen molar-refractivity contribution in [3.05, 3.63) is 10.1 Å². The number of nitro groups is 1. The molecular weight excluding hydrogens is 122 g/mol. The second-order valence-corrected chi connectivity index (χ2v) is 2.02. The van der Waals surface area contributed by atoms with Crippen LogP contribution in [0.25, 0.3) is 0 Å². The van der Waals surface area contributed by atoms with Crippen LogP contribution in [0.1, 0.15) is 13.3 Å². The lowest BCUT2D eigenvalue weighted by atomic mass is 10.1. The fraction of sp³-hybridized carbons (Fsp3) is 0.800. The highest BCUT2D eigenvalue weighted by molar-refractivity contribution is 5.49. The minimum absolute atomic E-state index is 0.112. The van der Waals surface area contributed by atoms with E-state index in [0.29, 0.717) is 6.29 Å². The largest absolute Gasteiger partial charge is 0.303 e. The molecule has 1 atom stereocenters. The van der Waals surface area contributed by atoms with Gasteiger partial charge in [0.15, 0.2) is 0 Å². The minimum atomic E-state index is -0.409. The van der Waals surface area contributed by atoms with Gasteiger partial charge in [0, 0.05) is 17.3 Å². The average molecular weight is 131 g/mol. The van der Waals surface area contributed by atoms with E-state index >= 15 is 0 Å². The van der Waals surface area contributed by atoms with Gasteiger partial charge in [0.25, 0.3) is 0 Å². The molecule has 0 saturated carbocycles. The molecule has 0 rings (SSSR count). The van der Waals surface area contributed by atoms with Crippen LogP contribution in [0.3, 0.4) is 0 Å². The first-order chi connectivity index (χ1) is 4.16. The Morgan fingerprint density at radius 2 is 2.33 bits per heavy atom. The van der Waals surface area contributed by atoms with Crippen molar-refractivity contribution < 1.29 is 9.72 Å². The molecule has 4 heteroatoms. The minimum Gasteiger partial charge on any atom is -0.303 e. The van der Waals surface area contributed by atoms with Crippen LogP contribution in [0.2, 0.25) is 0 Å². The summed E-state index contributed by atoms with van der Waals surface area (Å²) in [5.74, 6) is -0.127. The smallest absolute Gasteiger partial charge is 0.206 e. The monoisotopic (exact) mass is 131 g/mol. The topological polar surface area (TPSA) is 60.2 Å². The van der Waals surface area contributed by atoms with Crippen molar-refractivity contribution in [1.82, 2.24) is 0 Å². The van der Waals surface area contributed by atoms with Crippen molar-refractivity contribution in [2.75, 3.05) is 6.54 Å².